The van der Waals surface area contributed by atoms with Crippen molar-refractivity contribution in [2.45, 2.75) is 82.6 Å². The standard InChI is InChI=1S/C26H35N3O3/c1-26(2,20-15-28(3)24-23(20)17(11-12-27-24)16-9-10-16)14-22(30)29-13-5-7-18-19(25(31)32)6-4-8-21(18)29/h11-12,15-16,18-19,21H,4-10,13-14H2,1-3H3,(H,31,32). The summed E-state index contributed by atoms with van der Waals surface area (Å²) < 4.78 is 2.10. The minimum Gasteiger partial charge on any atom is -0.481 e. The predicted molar refractivity (Wildman–Crippen MR) is 124 cm³/mol. The molecule has 2 aromatic rings. The van der Waals surface area contributed by atoms with Crippen molar-refractivity contribution in [2.24, 2.45) is 18.9 Å². The number of amides is 1. The first kappa shape index (κ1) is 21.5. The first-order valence-corrected chi connectivity index (χ1v) is 12.2. The molecule has 32 heavy (non-hydrogen) atoms. The molecule has 0 spiro atoms. The van der Waals surface area contributed by atoms with E-state index in [-0.39, 0.29) is 29.2 Å². The summed E-state index contributed by atoms with van der Waals surface area (Å²) in [5.74, 6) is -0.103. The highest BCUT2D eigenvalue weighted by Gasteiger charge is 2.44. The molecule has 3 fully saturated rings. The van der Waals surface area contributed by atoms with Gasteiger partial charge in [-0.15, -0.1) is 0 Å². The smallest absolute Gasteiger partial charge is 0.306 e. The van der Waals surface area contributed by atoms with E-state index >= 15 is 0 Å². The molecular formula is C26H35N3O3. The van der Waals surface area contributed by atoms with Crippen molar-refractivity contribution >= 4 is 22.9 Å². The van der Waals surface area contributed by atoms with Crippen LogP contribution in [0.2, 0.25) is 0 Å². The summed E-state index contributed by atoms with van der Waals surface area (Å²) in [5, 5.41) is 10.9. The van der Waals surface area contributed by atoms with Gasteiger partial charge in [-0.25, -0.2) is 4.98 Å². The van der Waals surface area contributed by atoms with E-state index in [1.54, 1.807) is 0 Å². The molecule has 2 aliphatic carbocycles. The van der Waals surface area contributed by atoms with Crippen LogP contribution in [0, 0.1) is 11.8 Å². The number of hydrogen-bond donors (Lipinski definition) is 1. The minimum absolute atomic E-state index is 0.0816. The summed E-state index contributed by atoms with van der Waals surface area (Å²) >= 11 is 0. The normalized spacial score (nSPS) is 26.2. The quantitative estimate of drug-likeness (QED) is 0.741. The van der Waals surface area contributed by atoms with Crippen LogP contribution in [0.4, 0.5) is 0 Å². The lowest BCUT2D eigenvalue weighted by Crippen LogP contribution is -2.54. The zero-order valence-corrected chi connectivity index (χ0v) is 19.5. The van der Waals surface area contributed by atoms with Gasteiger partial charge in [0.1, 0.15) is 5.65 Å². The third kappa shape index (κ3) is 3.61. The average Bonchev–Trinajstić information content (AvgIpc) is 3.55. The predicted octanol–water partition coefficient (Wildman–Crippen LogP) is 4.61. The van der Waals surface area contributed by atoms with Gasteiger partial charge in [-0.3, -0.25) is 9.59 Å². The van der Waals surface area contributed by atoms with Gasteiger partial charge in [0, 0.05) is 49.2 Å². The van der Waals surface area contributed by atoms with Crippen molar-refractivity contribution in [3.05, 3.63) is 29.6 Å². The number of pyridine rings is 1. The Morgan fingerprint density at radius 2 is 1.94 bits per heavy atom. The van der Waals surface area contributed by atoms with E-state index in [2.05, 4.69) is 35.7 Å². The fourth-order valence-electron chi connectivity index (χ4n) is 6.45. The van der Waals surface area contributed by atoms with Crippen LogP contribution in [0.25, 0.3) is 11.0 Å². The van der Waals surface area contributed by atoms with Gasteiger partial charge >= 0.3 is 5.97 Å². The van der Waals surface area contributed by atoms with Crippen LogP contribution in [0.3, 0.4) is 0 Å². The van der Waals surface area contributed by atoms with Crippen LogP contribution in [-0.4, -0.2) is 44.0 Å². The summed E-state index contributed by atoms with van der Waals surface area (Å²) in [6.07, 6.45) is 11.4. The van der Waals surface area contributed by atoms with E-state index < -0.39 is 5.97 Å². The number of carbonyl (C=O) groups excluding carboxylic acids is 1. The Labute approximate surface area is 190 Å². The molecule has 3 atom stereocenters. The molecule has 1 aliphatic heterocycles. The van der Waals surface area contributed by atoms with Crippen LogP contribution in [0.15, 0.2) is 18.5 Å². The van der Waals surface area contributed by atoms with E-state index in [0.29, 0.717) is 12.3 Å². The third-order valence-electron chi connectivity index (χ3n) is 8.23. The number of aliphatic carboxylic acids is 1. The molecule has 2 saturated carbocycles. The van der Waals surface area contributed by atoms with Crippen LogP contribution in [-0.2, 0) is 22.1 Å². The number of hydrogen-bond acceptors (Lipinski definition) is 3. The number of nitrogens with zero attached hydrogens (tertiary/aromatic N) is 3. The molecular weight excluding hydrogens is 402 g/mol. The molecule has 3 unspecified atom stereocenters. The molecule has 6 heteroatoms. The number of carboxylic acids is 1. The van der Waals surface area contributed by atoms with Crippen molar-refractivity contribution in [2.75, 3.05) is 6.54 Å². The monoisotopic (exact) mass is 437 g/mol. The molecule has 2 aromatic heterocycles. The Balaban J connectivity index is 1.42. The number of likely N-dealkylation sites (tertiary alicyclic amines) is 1. The fourth-order valence-corrected chi connectivity index (χ4v) is 6.45. The van der Waals surface area contributed by atoms with E-state index in [1.165, 1.54) is 29.4 Å². The molecule has 3 heterocycles. The summed E-state index contributed by atoms with van der Waals surface area (Å²) in [4.78, 5) is 32.1. The highest BCUT2D eigenvalue weighted by molar-refractivity contribution is 5.88. The number of fused-ring (bicyclic) bond motifs is 2. The molecule has 172 valence electrons. The number of aromatic nitrogens is 2. The Morgan fingerprint density at radius 1 is 1.16 bits per heavy atom. The molecule has 6 nitrogen and oxygen atoms in total. The van der Waals surface area contributed by atoms with Crippen molar-refractivity contribution in [1.82, 2.24) is 14.5 Å². The fraction of sp³-hybridized carbons (Fsp3) is 0.654. The van der Waals surface area contributed by atoms with Crippen molar-refractivity contribution in [3.8, 4) is 0 Å². The van der Waals surface area contributed by atoms with Gasteiger partial charge in [-0.1, -0.05) is 20.3 Å². The first-order valence-electron chi connectivity index (χ1n) is 12.2. The molecule has 0 radical (unpaired) electrons. The first-order chi connectivity index (χ1) is 15.3. The van der Waals surface area contributed by atoms with Gasteiger partial charge in [0.15, 0.2) is 0 Å². The zero-order chi connectivity index (χ0) is 22.6. The lowest BCUT2D eigenvalue weighted by Gasteiger charge is -2.47. The van der Waals surface area contributed by atoms with E-state index in [4.69, 9.17) is 0 Å². The number of aryl methyl sites for hydroxylation is 1. The third-order valence-corrected chi connectivity index (χ3v) is 8.23. The number of rotatable bonds is 5. The second kappa shape index (κ2) is 7.89. The maximum absolute atomic E-state index is 13.6. The molecule has 1 amide bonds. The molecule has 3 aliphatic rings. The molecule has 1 N–H and O–H groups in total. The maximum atomic E-state index is 13.6. The average molecular weight is 438 g/mol. The Morgan fingerprint density at radius 3 is 2.66 bits per heavy atom. The van der Waals surface area contributed by atoms with Crippen LogP contribution < -0.4 is 0 Å². The second-order valence-corrected chi connectivity index (χ2v) is 10.9. The molecule has 0 aromatic carbocycles. The second-order valence-electron chi connectivity index (χ2n) is 10.9. The number of piperidine rings is 1. The van der Waals surface area contributed by atoms with Crippen molar-refractivity contribution in [1.29, 1.82) is 0 Å². The van der Waals surface area contributed by atoms with Crippen molar-refractivity contribution < 1.29 is 14.7 Å². The SMILES string of the molecule is Cn1cc(C(C)(C)CC(=O)N2CCCC3C(C(=O)O)CCCC32)c2c(C3CC3)ccnc21. The van der Waals surface area contributed by atoms with Gasteiger partial charge in [-0.05, 0) is 67.6 Å². The maximum Gasteiger partial charge on any atom is 0.306 e. The van der Waals surface area contributed by atoms with Crippen molar-refractivity contribution in [3.63, 3.8) is 0 Å². The highest BCUT2D eigenvalue weighted by Crippen LogP contribution is 2.46. The Hall–Kier alpha value is -2.37. The van der Waals surface area contributed by atoms with Gasteiger partial charge in [0.05, 0.1) is 5.92 Å². The number of carbonyl (C=O) groups is 2. The molecule has 0 bridgehead atoms. The lowest BCUT2D eigenvalue weighted by molar-refractivity contribution is -0.152. The molecule has 5 rings (SSSR count). The summed E-state index contributed by atoms with van der Waals surface area (Å²) in [5.41, 5.74) is 3.26. The van der Waals surface area contributed by atoms with E-state index in [9.17, 15) is 14.7 Å². The van der Waals surface area contributed by atoms with Crippen LogP contribution in [0.5, 0.6) is 0 Å². The highest BCUT2D eigenvalue weighted by atomic mass is 16.4. The van der Waals surface area contributed by atoms with Crippen LogP contribution in [0.1, 0.15) is 82.3 Å². The van der Waals surface area contributed by atoms with Gasteiger partial charge in [-0.2, -0.15) is 0 Å². The topological polar surface area (TPSA) is 75.4 Å². The largest absolute Gasteiger partial charge is 0.481 e. The van der Waals surface area contributed by atoms with Gasteiger partial charge in [0.25, 0.3) is 0 Å². The minimum atomic E-state index is -0.690. The summed E-state index contributed by atoms with van der Waals surface area (Å²) in [6, 6.07) is 2.24. The molecule has 1 saturated heterocycles. The van der Waals surface area contributed by atoms with Gasteiger partial charge in [0.2, 0.25) is 5.91 Å². The summed E-state index contributed by atoms with van der Waals surface area (Å²) in [7, 11) is 2.04. The zero-order valence-electron chi connectivity index (χ0n) is 19.5. The Bertz CT molecular complexity index is 1050. The lowest BCUT2D eigenvalue weighted by atomic mass is 9.70. The van der Waals surface area contributed by atoms with Gasteiger partial charge < -0.3 is 14.6 Å². The van der Waals surface area contributed by atoms with E-state index in [1.807, 2.05) is 18.1 Å². The van der Waals surface area contributed by atoms with Crippen LogP contribution >= 0.6 is 0 Å². The Kier molecular flexibility index (Phi) is 5.30. The number of carboxylic acid groups (broad SMARTS) is 1. The van der Waals surface area contributed by atoms with E-state index in [0.717, 1.165) is 44.3 Å². The summed E-state index contributed by atoms with van der Waals surface area (Å²) in [6.45, 7) is 5.10.